The van der Waals surface area contributed by atoms with Crippen LogP contribution in [0.3, 0.4) is 0 Å². The van der Waals surface area contributed by atoms with E-state index in [0.29, 0.717) is 22.7 Å². The molecule has 1 saturated carbocycles. The van der Waals surface area contributed by atoms with E-state index in [1.54, 1.807) is 13.1 Å². The summed E-state index contributed by atoms with van der Waals surface area (Å²) in [6, 6.07) is 3.64. The number of nitrogens with one attached hydrogen (secondary N) is 2. The van der Waals surface area contributed by atoms with Crippen molar-refractivity contribution in [3.8, 4) is 0 Å². The Morgan fingerprint density at radius 2 is 1.89 bits per heavy atom. The molecule has 9 heteroatoms. The number of hydrogen-bond acceptors (Lipinski definition) is 4. The Hall–Kier alpha value is -0.390. The van der Waals surface area contributed by atoms with E-state index in [9.17, 15) is 8.42 Å². The second-order valence-electron chi connectivity index (χ2n) is 7.12. The van der Waals surface area contributed by atoms with Crippen molar-refractivity contribution >= 4 is 51.3 Å². The molecule has 0 spiro atoms. The van der Waals surface area contributed by atoms with Crippen molar-refractivity contribution in [3.63, 3.8) is 0 Å². The van der Waals surface area contributed by atoms with Crippen molar-refractivity contribution in [1.82, 2.24) is 14.9 Å². The molecule has 1 aromatic rings. The molecule has 1 fully saturated rings. The van der Waals surface area contributed by atoms with Crippen molar-refractivity contribution in [3.05, 3.63) is 17.0 Å². The van der Waals surface area contributed by atoms with Crippen LogP contribution in [0.5, 0.6) is 0 Å². The van der Waals surface area contributed by atoms with E-state index in [-0.39, 0.29) is 24.0 Å². The first-order valence-electron chi connectivity index (χ1n) is 9.94. The topological polar surface area (TPSA) is 73.8 Å². The Bertz CT molecular complexity index is 721. The molecule has 0 atom stereocenters. The van der Waals surface area contributed by atoms with Gasteiger partial charge in [0.05, 0.1) is 0 Å². The molecule has 2 N–H and O–H groups in total. The van der Waals surface area contributed by atoms with E-state index in [1.165, 1.54) is 41.3 Å². The zero-order valence-electron chi connectivity index (χ0n) is 17.5. The first kappa shape index (κ1) is 25.6. The van der Waals surface area contributed by atoms with E-state index in [0.717, 1.165) is 30.3 Å². The minimum Gasteiger partial charge on any atom is -0.356 e. The normalized spacial score (nSPS) is 16.4. The standard InChI is InChI=1S/C19H34N4O2S2.HI/c1-5-19(12-8-13-19)15-22-18(20-4)21-14-11-16-9-10-17(26-16)27(24,25)23(6-2)7-3;/h9-10H,5-8,11-15H2,1-4H3,(H2,20,21,22);1H. The van der Waals surface area contributed by atoms with Crippen LogP contribution in [-0.2, 0) is 16.4 Å². The molecule has 0 unspecified atom stereocenters. The summed E-state index contributed by atoms with van der Waals surface area (Å²) in [5, 5.41) is 6.79. The molecule has 6 nitrogen and oxygen atoms in total. The highest BCUT2D eigenvalue weighted by Crippen LogP contribution is 2.42. The van der Waals surface area contributed by atoms with Crippen molar-refractivity contribution in [1.29, 1.82) is 0 Å². The van der Waals surface area contributed by atoms with E-state index in [1.807, 2.05) is 19.9 Å². The Labute approximate surface area is 191 Å². The summed E-state index contributed by atoms with van der Waals surface area (Å²) in [5.41, 5.74) is 0.444. The predicted octanol–water partition coefficient (Wildman–Crippen LogP) is 3.68. The lowest BCUT2D eigenvalue weighted by molar-refractivity contribution is 0.131. The fourth-order valence-electron chi connectivity index (χ4n) is 3.45. The van der Waals surface area contributed by atoms with Gasteiger partial charge in [0, 0.05) is 38.1 Å². The molecule has 162 valence electrons. The van der Waals surface area contributed by atoms with Gasteiger partial charge in [0.15, 0.2) is 5.96 Å². The number of hydrogen-bond donors (Lipinski definition) is 2. The molecule has 0 aliphatic heterocycles. The molecule has 1 aliphatic carbocycles. The summed E-state index contributed by atoms with van der Waals surface area (Å²) in [6.07, 6.45) is 5.91. The van der Waals surface area contributed by atoms with Crippen LogP contribution in [0.1, 0.15) is 51.3 Å². The molecule has 0 radical (unpaired) electrons. The van der Waals surface area contributed by atoms with E-state index >= 15 is 0 Å². The van der Waals surface area contributed by atoms with Crippen LogP contribution in [0, 0.1) is 5.41 Å². The minimum atomic E-state index is -3.36. The summed E-state index contributed by atoms with van der Waals surface area (Å²) in [7, 11) is -1.57. The molecule has 0 aromatic carbocycles. The van der Waals surface area contributed by atoms with Gasteiger partial charge in [-0.1, -0.05) is 27.2 Å². The van der Waals surface area contributed by atoms with Gasteiger partial charge in [-0.05, 0) is 43.2 Å². The van der Waals surface area contributed by atoms with Crippen LogP contribution in [0.25, 0.3) is 0 Å². The smallest absolute Gasteiger partial charge is 0.252 e. The van der Waals surface area contributed by atoms with Gasteiger partial charge in [0.1, 0.15) is 4.21 Å². The van der Waals surface area contributed by atoms with Crippen LogP contribution >= 0.6 is 35.3 Å². The van der Waals surface area contributed by atoms with Crippen LogP contribution in [0.4, 0.5) is 0 Å². The molecule has 1 aliphatic rings. The van der Waals surface area contributed by atoms with E-state index < -0.39 is 10.0 Å². The second kappa shape index (κ2) is 11.7. The van der Waals surface area contributed by atoms with Crippen molar-refractivity contribution in [2.45, 2.75) is 57.1 Å². The molecule has 1 heterocycles. The quantitative estimate of drug-likeness (QED) is 0.269. The van der Waals surface area contributed by atoms with Gasteiger partial charge in [0.25, 0.3) is 10.0 Å². The molecular formula is C19H35IN4O2S2. The summed E-state index contributed by atoms with van der Waals surface area (Å²) in [4.78, 5) is 5.36. The number of rotatable bonds is 10. The van der Waals surface area contributed by atoms with Gasteiger partial charge >= 0.3 is 0 Å². The lowest BCUT2D eigenvalue weighted by Crippen LogP contribution is -2.46. The lowest BCUT2D eigenvalue weighted by Gasteiger charge is -2.41. The Balaban J connectivity index is 0.00000392. The minimum absolute atomic E-state index is 0. The number of aliphatic imine (C=N–C) groups is 1. The largest absolute Gasteiger partial charge is 0.356 e. The Morgan fingerprint density at radius 1 is 1.21 bits per heavy atom. The monoisotopic (exact) mass is 542 g/mol. The Kier molecular flexibility index (Phi) is 10.7. The fourth-order valence-corrected chi connectivity index (χ4v) is 6.42. The molecule has 0 bridgehead atoms. The SMILES string of the molecule is CCN(CC)S(=O)(=O)c1ccc(CCNC(=NC)NCC2(CC)CCC2)s1.I. The average Bonchev–Trinajstić information content (AvgIpc) is 3.10. The summed E-state index contributed by atoms with van der Waals surface area (Å²) >= 11 is 1.36. The first-order chi connectivity index (χ1) is 12.9. The van der Waals surface area contributed by atoms with Gasteiger partial charge in [-0.3, -0.25) is 4.99 Å². The number of sulfonamides is 1. The zero-order chi connectivity index (χ0) is 19.9. The number of halogens is 1. The third kappa shape index (κ3) is 6.30. The van der Waals surface area contributed by atoms with Gasteiger partial charge in [0.2, 0.25) is 0 Å². The summed E-state index contributed by atoms with van der Waals surface area (Å²) in [5.74, 6) is 0.822. The molecule has 0 saturated heterocycles. The third-order valence-electron chi connectivity index (χ3n) is 5.62. The summed E-state index contributed by atoms with van der Waals surface area (Å²) < 4.78 is 27.1. The van der Waals surface area contributed by atoms with Gasteiger partial charge in [-0.2, -0.15) is 4.31 Å². The van der Waals surface area contributed by atoms with Crippen molar-refractivity contribution in [2.24, 2.45) is 10.4 Å². The number of guanidine groups is 1. The maximum atomic E-state index is 12.6. The third-order valence-corrected chi connectivity index (χ3v) is 9.28. The van der Waals surface area contributed by atoms with Crippen molar-refractivity contribution in [2.75, 3.05) is 33.2 Å². The van der Waals surface area contributed by atoms with E-state index in [2.05, 4.69) is 22.5 Å². The average molecular weight is 543 g/mol. The van der Waals surface area contributed by atoms with E-state index in [4.69, 9.17) is 0 Å². The molecule has 1 aromatic heterocycles. The first-order valence-corrected chi connectivity index (χ1v) is 12.2. The van der Waals surface area contributed by atoms with Crippen LogP contribution < -0.4 is 10.6 Å². The molecule has 28 heavy (non-hydrogen) atoms. The zero-order valence-corrected chi connectivity index (χ0v) is 21.4. The van der Waals surface area contributed by atoms with Crippen LogP contribution in [0.2, 0.25) is 0 Å². The predicted molar refractivity (Wildman–Crippen MR) is 129 cm³/mol. The van der Waals surface area contributed by atoms with Crippen molar-refractivity contribution < 1.29 is 8.42 Å². The fraction of sp³-hybridized carbons (Fsp3) is 0.737. The highest BCUT2D eigenvalue weighted by Gasteiger charge is 2.34. The maximum absolute atomic E-state index is 12.6. The second-order valence-corrected chi connectivity index (χ2v) is 10.5. The van der Waals surface area contributed by atoms with Gasteiger partial charge in [-0.15, -0.1) is 35.3 Å². The summed E-state index contributed by atoms with van der Waals surface area (Å²) in [6.45, 7) is 8.68. The molecular weight excluding hydrogens is 507 g/mol. The Morgan fingerprint density at radius 3 is 2.39 bits per heavy atom. The number of nitrogens with zero attached hydrogens (tertiary/aromatic N) is 2. The van der Waals surface area contributed by atoms with Gasteiger partial charge < -0.3 is 10.6 Å². The molecule has 0 amide bonds. The highest BCUT2D eigenvalue weighted by molar-refractivity contribution is 14.0. The highest BCUT2D eigenvalue weighted by atomic mass is 127. The van der Waals surface area contributed by atoms with Crippen LogP contribution in [0.15, 0.2) is 21.3 Å². The maximum Gasteiger partial charge on any atom is 0.252 e. The molecule has 2 rings (SSSR count). The van der Waals surface area contributed by atoms with Gasteiger partial charge in [-0.25, -0.2) is 8.42 Å². The number of thiophene rings is 1. The van der Waals surface area contributed by atoms with Crippen LogP contribution in [-0.4, -0.2) is 51.9 Å². The lowest BCUT2D eigenvalue weighted by atomic mass is 9.67.